The number of amides is 1. The van der Waals surface area contributed by atoms with E-state index < -0.39 is 0 Å². The molecule has 1 amide bonds. The van der Waals surface area contributed by atoms with E-state index in [2.05, 4.69) is 17.2 Å². The highest BCUT2D eigenvalue weighted by Crippen LogP contribution is 2.16. The fourth-order valence-electron chi connectivity index (χ4n) is 2.40. The molecule has 1 unspecified atom stereocenters. The second kappa shape index (κ2) is 7.24. The van der Waals surface area contributed by atoms with E-state index >= 15 is 0 Å². The lowest BCUT2D eigenvalue weighted by atomic mass is 10.1. The van der Waals surface area contributed by atoms with Gasteiger partial charge >= 0.3 is 0 Å². The summed E-state index contributed by atoms with van der Waals surface area (Å²) in [7, 11) is 1.70. The Hall–Kier alpha value is -1.62. The fraction of sp³-hybridized carbons (Fsp3) is 0.600. The minimum atomic E-state index is -0.00750. The average molecular weight is 277 g/mol. The van der Waals surface area contributed by atoms with Crippen LogP contribution >= 0.6 is 0 Å². The Balaban J connectivity index is 2.04. The molecule has 2 rings (SSSR count). The third-order valence-corrected chi connectivity index (χ3v) is 3.56. The van der Waals surface area contributed by atoms with Crippen molar-refractivity contribution in [2.75, 3.05) is 32.1 Å². The first-order chi connectivity index (χ1) is 9.74. The summed E-state index contributed by atoms with van der Waals surface area (Å²) in [6.45, 7) is 4.45. The molecule has 1 aliphatic rings. The van der Waals surface area contributed by atoms with Gasteiger partial charge in [-0.05, 0) is 31.4 Å². The lowest BCUT2D eigenvalue weighted by Crippen LogP contribution is -2.43. The Labute approximate surface area is 120 Å². The number of piperidine rings is 1. The number of anilines is 1. The summed E-state index contributed by atoms with van der Waals surface area (Å²) in [5.74, 6) is -0.00750. The molecule has 1 saturated heterocycles. The van der Waals surface area contributed by atoms with E-state index in [9.17, 15) is 4.79 Å². The van der Waals surface area contributed by atoms with Gasteiger partial charge in [0.25, 0.3) is 5.91 Å². The largest absolute Gasteiger partial charge is 0.385 e. The van der Waals surface area contributed by atoms with Crippen molar-refractivity contribution in [2.45, 2.75) is 32.3 Å². The summed E-state index contributed by atoms with van der Waals surface area (Å²) in [4.78, 5) is 18.5. The Morgan fingerprint density at radius 1 is 1.60 bits per heavy atom. The quantitative estimate of drug-likeness (QED) is 0.896. The van der Waals surface area contributed by atoms with Crippen LogP contribution in [-0.4, -0.2) is 48.6 Å². The van der Waals surface area contributed by atoms with E-state index in [1.54, 1.807) is 13.3 Å². The van der Waals surface area contributed by atoms with Crippen molar-refractivity contribution >= 4 is 11.6 Å². The summed E-state index contributed by atoms with van der Waals surface area (Å²) in [5.41, 5.74) is 1.45. The molecule has 5 heteroatoms. The van der Waals surface area contributed by atoms with Crippen LogP contribution in [0.1, 0.15) is 36.7 Å². The number of likely N-dealkylation sites (tertiary alicyclic amines) is 1. The summed E-state index contributed by atoms with van der Waals surface area (Å²) < 4.78 is 5.36. The Kier molecular flexibility index (Phi) is 5.35. The second-order valence-electron chi connectivity index (χ2n) is 5.11. The smallest absolute Gasteiger partial charge is 0.272 e. The van der Waals surface area contributed by atoms with Crippen molar-refractivity contribution in [1.29, 1.82) is 0 Å². The molecule has 5 nitrogen and oxygen atoms in total. The predicted octanol–water partition coefficient (Wildman–Crippen LogP) is 2.15. The molecule has 1 aromatic rings. The molecular formula is C15H23N3O2. The monoisotopic (exact) mass is 277 g/mol. The van der Waals surface area contributed by atoms with Gasteiger partial charge in [0, 0.05) is 38.6 Å². The summed E-state index contributed by atoms with van der Waals surface area (Å²) >= 11 is 0. The van der Waals surface area contributed by atoms with E-state index in [1.165, 1.54) is 0 Å². The van der Waals surface area contributed by atoms with Crippen molar-refractivity contribution in [1.82, 2.24) is 9.88 Å². The van der Waals surface area contributed by atoms with Gasteiger partial charge in [0.05, 0.1) is 6.10 Å². The van der Waals surface area contributed by atoms with E-state index in [4.69, 9.17) is 4.74 Å². The molecule has 110 valence electrons. The molecule has 1 N–H and O–H groups in total. The summed E-state index contributed by atoms with van der Waals surface area (Å²) in [6, 6.07) is 3.72. The van der Waals surface area contributed by atoms with Crippen LogP contribution in [0.15, 0.2) is 18.3 Å². The van der Waals surface area contributed by atoms with E-state index in [-0.39, 0.29) is 12.0 Å². The molecule has 0 saturated carbocycles. The molecule has 0 aliphatic carbocycles. The maximum Gasteiger partial charge on any atom is 0.272 e. The number of aromatic nitrogens is 1. The summed E-state index contributed by atoms with van der Waals surface area (Å²) in [5, 5.41) is 3.28. The van der Waals surface area contributed by atoms with Crippen molar-refractivity contribution in [2.24, 2.45) is 0 Å². The van der Waals surface area contributed by atoms with Gasteiger partial charge in [0.2, 0.25) is 0 Å². The molecule has 0 bridgehead atoms. The van der Waals surface area contributed by atoms with Crippen LogP contribution in [0, 0.1) is 0 Å². The van der Waals surface area contributed by atoms with E-state index in [0.29, 0.717) is 12.2 Å². The molecule has 0 aromatic carbocycles. The Morgan fingerprint density at radius 2 is 2.45 bits per heavy atom. The number of carbonyl (C=O) groups is 1. The molecule has 20 heavy (non-hydrogen) atoms. The number of pyridine rings is 1. The highest BCUT2D eigenvalue weighted by atomic mass is 16.5. The Morgan fingerprint density at radius 3 is 3.20 bits per heavy atom. The van der Waals surface area contributed by atoms with Crippen LogP contribution in [-0.2, 0) is 4.74 Å². The van der Waals surface area contributed by atoms with Gasteiger partial charge in [0.1, 0.15) is 5.69 Å². The van der Waals surface area contributed by atoms with E-state index in [0.717, 1.165) is 38.0 Å². The van der Waals surface area contributed by atoms with E-state index in [1.807, 2.05) is 17.0 Å². The lowest BCUT2D eigenvalue weighted by Gasteiger charge is -2.31. The average Bonchev–Trinajstić information content (AvgIpc) is 2.52. The minimum Gasteiger partial charge on any atom is -0.385 e. The Bertz CT molecular complexity index is 450. The molecular weight excluding hydrogens is 254 g/mol. The predicted molar refractivity (Wildman–Crippen MR) is 79.0 cm³/mol. The van der Waals surface area contributed by atoms with Crippen LogP contribution < -0.4 is 5.32 Å². The molecule has 2 heterocycles. The van der Waals surface area contributed by atoms with Gasteiger partial charge in [0.15, 0.2) is 0 Å². The molecule has 0 radical (unpaired) electrons. The van der Waals surface area contributed by atoms with Gasteiger partial charge in [-0.15, -0.1) is 0 Å². The van der Waals surface area contributed by atoms with Crippen molar-refractivity contribution in [3.63, 3.8) is 0 Å². The number of methoxy groups -OCH3 is 1. The topological polar surface area (TPSA) is 54.5 Å². The molecule has 1 atom stereocenters. The zero-order valence-electron chi connectivity index (χ0n) is 12.3. The van der Waals surface area contributed by atoms with Crippen molar-refractivity contribution < 1.29 is 9.53 Å². The van der Waals surface area contributed by atoms with Gasteiger partial charge in [-0.25, -0.2) is 0 Å². The van der Waals surface area contributed by atoms with Gasteiger partial charge in [-0.3, -0.25) is 9.78 Å². The number of carbonyl (C=O) groups excluding carboxylic acids is 1. The number of rotatable bonds is 5. The first kappa shape index (κ1) is 14.8. The molecule has 0 spiro atoms. The highest BCUT2D eigenvalue weighted by molar-refractivity contribution is 5.93. The SMILES string of the molecule is CCCNc1ccnc(C(=O)N2CCCC(OC)C2)c1. The molecule has 1 aromatic heterocycles. The zero-order chi connectivity index (χ0) is 14.4. The third kappa shape index (κ3) is 3.70. The van der Waals surface area contributed by atoms with Crippen molar-refractivity contribution in [3.05, 3.63) is 24.0 Å². The van der Waals surface area contributed by atoms with Crippen LogP contribution in [0.5, 0.6) is 0 Å². The number of nitrogens with one attached hydrogen (secondary N) is 1. The zero-order valence-corrected chi connectivity index (χ0v) is 12.3. The highest BCUT2D eigenvalue weighted by Gasteiger charge is 2.25. The summed E-state index contributed by atoms with van der Waals surface area (Å²) in [6.07, 6.45) is 4.88. The van der Waals surface area contributed by atoms with Gasteiger partial charge in [-0.2, -0.15) is 0 Å². The van der Waals surface area contributed by atoms with Gasteiger partial charge < -0.3 is 15.0 Å². The van der Waals surface area contributed by atoms with Crippen LogP contribution in [0.2, 0.25) is 0 Å². The standard InChI is InChI=1S/C15H23N3O2/c1-3-7-16-12-6-8-17-14(10-12)15(19)18-9-4-5-13(11-18)20-2/h6,8,10,13H,3-5,7,9,11H2,1-2H3,(H,16,17). The molecule has 1 fully saturated rings. The lowest BCUT2D eigenvalue weighted by molar-refractivity contribution is 0.0266. The van der Waals surface area contributed by atoms with Crippen LogP contribution in [0.3, 0.4) is 0 Å². The number of ether oxygens (including phenoxy) is 1. The first-order valence-corrected chi connectivity index (χ1v) is 7.26. The number of nitrogens with zero attached hydrogens (tertiary/aromatic N) is 2. The van der Waals surface area contributed by atoms with Crippen molar-refractivity contribution in [3.8, 4) is 0 Å². The third-order valence-electron chi connectivity index (χ3n) is 3.56. The second-order valence-corrected chi connectivity index (χ2v) is 5.11. The van der Waals surface area contributed by atoms with Gasteiger partial charge in [-0.1, -0.05) is 6.92 Å². The fourth-order valence-corrected chi connectivity index (χ4v) is 2.40. The number of hydrogen-bond donors (Lipinski definition) is 1. The maximum atomic E-state index is 12.5. The molecule has 1 aliphatic heterocycles. The first-order valence-electron chi connectivity index (χ1n) is 7.26. The minimum absolute atomic E-state index is 0.00750. The van der Waals surface area contributed by atoms with Crippen LogP contribution in [0.25, 0.3) is 0 Å². The normalized spacial score (nSPS) is 18.9. The number of hydrogen-bond acceptors (Lipinski definition) is 4. The maximum absolute atomic E-state index is 12.5. The van der Waals surface area contributed by atoms with Crippen LogP contribution in [0.4, 0.5) is 5.69 Å².